The molecule has 0 atom stereocenters. The van der Waals surface area contributed by atoms with Crippen molar-refractivity contribution in [3.63, 3.8) is 0 Å². The summed E-state index contributed by atoms with van der Waals surface area (Å²) in [4.78, 5) is 52.1. The molecule has 514 valence electrons. The Labute approximate surface area is 637 Å². The summed E-state index contributed by atoms with van der Waals surface area (Å²) in [7, 11) is 0. The first-order chi connectivity index (χ1) is 54.4. The zero-order valence-corrected chi connectivity index (χ0v) is 59.7. The largest absolute Gasteiger partial charge is 0.456 e. The minimum Gasteiger partial charge on any atom is -0.456 e. The molecule has 0 saturated carbocycles. The Morgan fingerprint density at radius 3 is 0.909 bits per heavy atom. The van der Waals surface area contributed by atoms with Crippen LogP contribution >= 0.6 is 11.3 Å². The lowest BCUT2D eigenvalue weighted by atomic mass is 9.97. The van der Waals surface area contributed by atoms with E-state index < -0.39 is 0 Å². The van der Waals surface area contributed by atoms with Gasteiger partial charge in [0.1, 0.15) is 11.2 Å². The fourth-order valence-electron chi connectivity index (χ4n) is 14.4. The molecular formula is C98H60N10OS. The van der Waals surface area contributed by atoms with Crippen molar-refractivity contribution in [2.45, 2.75) is 0 Å². The van der Waals surface area contributed by atoms with Crippen LogP contribution in [0, 0.1) is 0 Å². The highest BCUT2D eigenvalue weighted by molar-refractivity contribution is 7.25. The van der Waals surface area contributed by atoms with E-state index in [-0.39, 0.29) is 0 Å². The predicted molar refractivity (Wildman–Crippen MR) is 446 cm³/mol. The number of nitrogens with zero attached hydrogens (tertiary/aromatic N) is 10. The minimum atomic E-state index is 0.524. The van der Waals surface area contributed by atoms with Gasteiger partial charge in [-0.2, -0.15) is 0 Å². The maximum Gasteiger partial charge on any atom is 0.164 e. The molecule has 0 aliphatic carbocycles. The molecule has 11 nitrogen and oxygen atoms in total. The first-order valence-corrected chi connectivity index (χ1v) is 37.2. The summed E-state index contributed by atoms with van der Waals surface area (Å²) < 4.78 is 8.71. The van der Waals surface area contributed by atoms with Gasteiger partial charge in [-0.1, -0.05) is 285 Å². The number of thiophene rings is 1. The summed E-state index contributed by atoms with van der Waals surface area (Å²) in [6.45, 7) is 0. The molecule has 0 radical (unpaired) electrons. The summed E-state index contributed by atoms with van der Waals surface area (Å²) in [5, 5.41) is 4.50. The molecule has 110 heavy (non-hydrogen) atoms. The van der Waals surface area contributed by atoms with Gasteiger partial charge in [-0.25, -0.2) is 49.8 Å². The molecule has 20 aromatic rings. The van der Waals surface area contributed by atoms with E-state index in [4.69, 9.17) is 54.3 Å². The van der Waals surface area contributed by atoms with Gasteiger partial charge in [0.2, 0.25) is 0 Å². The van der Waals surface area contributed by atoms with Gasteiger partial charge in [0.15, 0.2) is 46.6 Å². The van der Waals surface area contributed by atoms with Gasteiger partial charge in [-0.15, -0.1) is 11.3 Å². The van der Waals surface area contributed by atoms with E-state index in [9.17, 15) is 0 Å². The highest BCUT2D eigenvalue weighted by Gasteiger charge is 2.21. The van der Waals surface area contributed by atoms with E-state index in [0.29, 0.717) is 46.6 Å². The molecule has 0 amide bonds. The van der Waals surface area contributed by atoms with Crippen LogP contribution in [-0.2, 0) is 0 Å². The van der Waals surface area contributed by atoms with Gasteiger partial charge in [-0.3, -0.25) is 0 Å². The molecular weight excluding hydrogens is 1370 g/mol. The van der Waals surface area contributed by atoms with Gasteiger partial charge in [0.25, 0.3) is 0 Å². The van der Waals surface area contributed by atoms with Gasteiger partial charge < -0.3 is 4.42 Å². The smallest absolute Gasteiger partial charge is 0.164 e. The third-order valence-corrected chi connectivity index (χ3v) is 21.1. The number of hydrogen-bond donors (Lipinski definition) is 0. The number of fused-ring (bicyclic) bond motifs is 6. The highest BCUT2D eigenvalue weighted by atomic mass is 32.1. The first-order valence-electron chi connectivity index (χ1n) is 36.4. The average molecular weight is 1430 g/mol. The Hall–Kier alpha value is -14.7. The van der Waals surface area contributed by atoms with Crippen molar-refractivity contribution < 1.29 is 4.42 Å². The van der Waals surface area contributed by atoms with Crippen molar-refractivity contribution in [3.8, 4) is 170 Å². The second kappa shape index (κ2) is 28.0. The lowest BCUT2D eigenvalue weighted by Crippen LogP contribution is -2.01. The van der Waals surface area contributed by atoms with Crippen molar-refractivity contribution in [2.24, 2.45) is 0 Å². The van der Waals surface area contributed by atoms with Crippen molar-refractivity contribution in [1.82, 2.24) is 49.8 Å². The molecule has 0 fully saturated rings. The number of rotatable bonds is 15. The number of aromatic nitrogens is 10. The Morgan fingerprint density at radius 2 is 0.455 bits per heavy atom. The topological polar surface area (TPSA) is 142 Å². The van der Waals surface area contributed by atoms with Gasteiger partial charge >= 0.3 is 0 Å². The third-order valence-electron chi connectivity index (χ3n) is 20.0. The fourth-order valence-corrected chi connectivity index (χ4v) is 15.6. The second-order valence-corrected chi connectivity index (χ2v) is 28.2. The lowest BCUT2D eigenvalue weighted by Gasteiger charge is -2.12. The van der Waals surface area contributed by atoms with Crippen LogP contribution < -0.4 is 0 Å². The number of benzene rings is 14. The first kappa shape index (κ1) is 64.8. The summed E-state index contributed by atoms with van der Waals surface area (Å²) in [5.41, 5.74) is 22.0. The van der Waals surface area contributed by atoms with E-state index in [1.54, 1.807) is 11.3 Å². The average Bonchev–Trinajstić information content (AvgIpc) is 1.15. The van der Waals surface area contributed by atoms with Crippen molar-refractivity contribution >= 4 is 53.4 Å². The van der Waals surface area contributed by atoms with Crippen LogP contribution in [0.5, 0.6) is 0 Å². The van der Waals surface area contributed by atoms with E-state index in [1.165, 1.54) is 15.5 Å². The van der Waals surface area contributed by atoms with Crippen LogP contribution in [0.4, 0.5) is 0 Å². The van der Waals surface area contributed by atoms with E-state index >= 15 is 0 Å². The fraction of sp³-hybridized carbons (Fsp3) is 0. The Morgan fingerprint density at radius 1 is 0.155 bits per heavy atom. The standard InChI is InChI=1S/C98H60N10OS/c1-6-23-61(24-7-1)66-33-19-37-73(52-66)95-103-91(64-29-12-4-13-30-64)105-97(107-95)78-42-22-40-76(55-78)94-100-84(63-27-10-3-11-28-63)60-86(102-94)72-46-49-81-82-56-70(47-50-89(82)110-90(81)58-72)68-35-18-34-67(51-68)69-36-20-38-74(53-69)96-104-92(65-31-14-5-15-32-65)106-98(108-96)77-41-21-39-75(54-77)93-99-83(62-25-8-2-9-26-62)59-85(101-93)71-45-48-80-79-43-16-17-44-87(79)109-88(80)57-71/h1-60H. The minimum absolute atomic E-state index is 0.524. The normalized spacial score (nSPS) is 11.5. The SMILES string of the molecule is c1ccc(-c2cccc(-c3nc(-c4ccccc4)nc(-c4cccc(-c5nc(-c6ccccc6)cc(-c6ccc7c(c6)sc6ccc(-c8cccc(-c9cccc(-c%10nc(-c%11ccccc%11)nc(-c%11cccc(-c%12nc(-c%13ccccc%13)cc(-c%13ccc%14c(c%13)oc%13ccccc%13%14)n%12)c%11)n%10)c9)c8)cc67)n5)c4)n3)c2)cc1. The molecule has 6 heterocycles. The van der Waals surface area contributed by atoms with E-state index in [1.807, 2.05) is 158 Å². The summed E-state index contributed by atoms with van der Waals surface area (Å²) in [6.07, 6.45) is 0. The zero-order chi connectivity index (χ0) is 72.9. The van der Waals surface area contributed by atoms with Crippen molar-refractivity contribution in [2.75, 3.05) is 0 Å². The van der Waals surface area contributed by atoms with Crippen LogP contribution in [0.1, 0.15) is 0 Å². The van der Waals surface area contributed by atoms with Gasteiger partial charge in [0, 0.05) is 97.7 Å². The Balaban J connectivity index is 0.609. The predicted octanol–water partition coefficient (Wildman–Crippen LogP) is 24.9. The second-order valence-electron chi connectivity index (χ2n) is 27.1. The quantitative estimate of drug-likeness (QED) is 0.0968. The molecule has 0 unspecified atom stereocenters. The van der Waals surface area contributed by atoms with E-state index in [2.05, 4.69) is 206 Å². The summed E-state index contributed by atoms with van der Waals surface area (Å²) in [5.74, 6) is 4.50. The van der Waals surface area contributed by atoms with Gasteiger partial charge in [-0.05, 0) is 112 Å². The summed E-state index contributed by atoms with van der Waals surface area (Å²) >= 11 is 1.78. The third kappa shape index (κ3) is 12.8. The molecule has 0 spiro atoms. The number of furan rings is 1. The molecule has 0 saturated heterocycles. The zero-order valence-electron chi connectivity index (χ0n) is 58.9. The lowest BCUT2D eigenvalue weighted by molar-refractivity contribution is 0.669. The molecule has 20 rings (SSSR count). The monoisotopic (exact) mass is 1420 g/mol. The Bertz CT molecular complexity index is 6910. The molecule has 14 aromatic carbocycles. The maximum atomic E-state index is 6.36. The van der Waals surface area contributed by atoms with Crippen molar-refractivity contribution in [3.05, 3.63) is 364 Å². The molecule has 0 aliphatic heterocycles. The molecule has 6 aromatic heterocycles. The maximum absolute atomic E-state index is 6.36. The van der Waals surface area contributed by atoms with Crippen LogP contribution in [0.25, 0.3) is 212 Å². The molecule has 0 N–H and O–H groups in total. The molecule has 12 heteroatoms. The van der Waals surface area contributed by atoms with Crippen LogP contribution in [0.15, 0.2) is 368 Å². The van der Waals surface area contributed by atoms with Crippen LogP contribution in [0.3, 0.4) is 0 Å². The molecule has 0 aliphatic rings. The van der Waals surface area contributed by atoms with Crippen molar-refractivity contribution in [1.29, 1.82) is 0 Å². The van der Waals surface area contributed by atoms with Crippen LogP contribution in [-0.4, -0.2) is 49.8 Å². The number of para-hydroxylation sites is 1. The van der Waals surface area contributed by atoms with Crippen LogP contribution in [0.2, 0.25) is 0 Å². The van der Waals surface area contributed by atoms with Gasteiger partial charge in [0.05, 0.1) is 22.8 Å². The molecule has 0 bridgehead atoms. The van der Waals surface area contributed by atoms with E-state index in [0.717, 1.165) is 150 Å². The number of hydrogen-bond acceptors (Lipinski definition) is 12. The summed E-state index contributed by atoms with van der Waals surface area (Å²) in [6, 6.07) is 125. The highest BCUT2D eigenvalue weighted by Crippen LogP contribution is 2.42. The Kier molecular flexibility index (Phi) is 16.5.